The molecule has 1 saturated heterocycles. The molecule has 0 spiro atoms. The lowest BCUT2D eigenvalue weighted by molar-refractivity contribution is 0.180. The molecule has 1 N–H and O–H groups in total. The van der Waals surface area contributed by atoms with Crippen LogP contribution in [0.4, 0.5) is 0 Å². The summed E-state index contributed by atoms with van der Waals surface area (Å²) in [4.78, 5) is 1.41. The van der Waals surface area contributed by atoms with Crippen molar-refractivity contribution < 1.29 is 4.74 Å². The van der Waals surface area contributed by atoms with Crippen LogP contribution in [0.15, 0.2) is 23.1 Å². The third-order valence-electron chi connectivity index (χ3n) is 3.67. The largest absolute Gasteiger partial charge is 0.381 e. The number of aryl methyl sites for hydroxylation is 2. The maximum atomic E-state index is 5.49. The molecule has 0 radical (unpaired) electrons. The Balaban J connectivity index is 1.94. The van der Waals surface area contributed by atoms with Crippen LogP contribution in [0.2, 0.25) is 0 Å². The Morgan fingerprint density at radius 3 is 2.94 bits per heavy atom. The zero-order valence-corrected chi connectivity index (χ0v) is 12.3. The summed E-state index contributed by atoms with van der Waals surface area (Å²) in [7, 11) is 2.06. The van der Waals surface area contributed by atoms with Gasteiger partial charge in [-0.3, -0.25) is 0 Å². The van der Waals surface area contributed by atoms with Crippen molar-refractivity contribution in [1.29, 1.82) is 0 Å². The fraction of sp³-hybridized carbons (Fsp3) is 0.600. The number of hydrogen-bond donors (Lipinski definition) is 1. The molecule has 2 atom stereocenters. The minimum atomic E-state index is 0.553. The second-order valence-corrected chi connectivity index (χ2v) is 6.16. The maximum Gasteiger partial charge on any atom is 0.0510 e. The van der Waals surface area contributed by atoms with Gasteiger partial charge in [-0.2, -0.15) is 0 Å². The van der Waals surface area contributed by atoms with Crippen molar-refractivity contribution in [3.05, 3.63) is 29.3 Å². The van der Waals surface area contributed by atoms with Crippen LogP contribution in [-0.4, -0.2) is 32.1 Å². The van der Waals surface area contributed by atoms with Crippen molar-refractivity contribution in [1.82, 2.24) is 5.32 Å². The first-order chi connectivity index (χ1) is 8.70. The van der Waals surface area contributed by atoms with Crippen LogP contribution in [-0.2, 0) is 4.74 Å². The van der Waals surface area contributed by atoms with Gasteiger partial charge >= 0.3 is 0 Å². The van der Waals surface area contributed by atoms with Crippen LogP contribution in [0.1, 0.15) is 17.5 Å². The number of hydrogen-bond acceptors (Lipinski definition) is 3. The van der Waals surface area contributed by atoms with Gasteiger partial charge in [-0.1, -0.05) is 17.7 Å². The monoisotopic (exact) mass is 265 g/mol. The Hall–Kier alpha value is -0.510. The summed E-state index contributed by atoms with van der Waals surface area (Å²) in [6.07, 6.45) is 1.19. The normalized spacial score (nSPS) is 21.2. The molecule has 3 heteroatoms. The highest BCUT2D eigenvalue weighted by Gasteiger charge is 2.24. The van der Waals surface area contributed by atoms with Gasteiger partial charge in [0.25, 0.3) is 0 Å². The van der Waals surface area contributed by atoms with Crippen LogP contribution in [0.25, 0.3) is 0 Å². The Bertz CT molecular complexity index is 388. The van der Waals surface area contributed by atoms with E-state index in [1.54, 1.807) is 0 Å². The van der Waals surface area contributed by atoms with E-state index in [0.29, 0.717) is 12.0 Å². The molecule has 1 aliphatic rings. The molecule has 0 aromatic heterocycles. The van der Waals surface area contributed by atoms with Gasteiger partial charge in [0.05, 0.1) is 6.61 Å². The van der Waals surface area contributed by atoms with Crippen LogP contribution >= 0.6 is 11.8 Å². The van der Waals surface area contributed by atoms with Gasteiger partial charge in [-0.25, -0.2) is 0 Å². The summed E-state index contributed by atoms with van der Waals surface area (Å²) in [6, 6.07) is 7.24. The molecule has 0 saturated carbocycles. The number of nitrogens with one attached hydrogen (secondary N) is 1. The van der Waals surface area contributed by atoms with Crippen molar-refractivity contribution in [2.45, 2.75) is 31.2 Å². The van der Waals surface area contributed by atoms with Gasteiger partial charge in [0, 0.05) is 29.2 Å². The molecule has 2 rings (SSSR count). The topological polar surface area (TPSA) is 21.3 Å². The summed E-state index contributed by atoms with van der Waals surface area (Å²) in [6.45, 7) is 6.19. The van der Waals surface area contributed by atoms with Crippen LogP contribution in [0, 0.1) is 19.8 Å². The van der Waals surface area contributed by atoms with E-state index < -0.39 is 0 Å². The average molecular weight is 265 g/mol. The van der Waals surface area contributed by atoms with E-state index in [9.17, 15) is 0 Å². The molecule has 1 aromatic carbocycles. The van der Waals surface area contributed by atoms with E-state index in [2.05, 4.69) is 44.4 Å². The van der Waals surface area contributed by atoms with Gasteiger partial charge in [0.15, 0.2) is 0 Å². The van der Waals surface area contributed by atoms with Crippen molar-refractivity contribution in [2.24, 2.45) is 5.92 Å². The molecule has 1 heterocycles. The first-order valence-electron chi connectivity index (χ1n) is 6.65. The lowest BCUT2D eigenvalue weighted by atomic mass is 10.0. The maximum absolute atomic E-state index is 5.49. The molecule has 1 aromatic rings. The third-order valence-corrected chi connectivity index (χ3v) is 4.94. The molecule has 1 fully saturated rings. The van der Waals surface area contributed by atoms with Gasteiger partial charge in [-0.15, -0.1) is 11.8 Å². The van der Waals surface area contributed by atoms with Crippen molar-refractivity contribution in [2.75, 3.05) is 26.0 Å². The van der Waals surface area contributed by atoms with Crippen molar-refractivity contribution in [3.8, 4) is 0 Å². The number of rotatable bonds is 5. The molecule has 18 heavy (non-hydrogen) atoms. The third kappa shape index (κ3) is 3.50. The molecular formula is C15H23NOS. The van der Waals surface area contributed by atoms with E-state index in [-0.39, 0.29) is 0 Å². The minimum Gasteiger partial charge on any atom is -0.381 e. The summed E-state index contributed by atoms with van der Waals surface area (Å²) in [5.74, 6) is 1.79. The summed E-state index contributed by atoms with van der Waals surface area (Å²) < 4.78 is 5.49. The van der Waals surface area contributed by atoms with E-state index in [1.807, 2.05) is 11.8 Å². The Morgan fingerprint density at radius 1 is 1.44 bits per heavy atom. The Labute approximate surface area is 114 Å². The van der Waals surface area contributed by atoms with Crippen molar-refractivity contribution >= 4 is 11.8 Å². The summed E-state index contributed by atoms with van der Waals surface area (Å²) in [5, 5.41) is 3.45. The molecule has 0 bridgehead atoms. The zero-order valence-electron chi connectivity index (χ0n) is 11.5. The second-order valence-electron chi connectivity index (χ2n) is 5.10. The second kappa shape index (κ2) is 6.60. The summed E-state index contributed by atoms with van der Waals surface area (Å²) >= 11 is 1.96. The van der Waals surface area contributed by atoms with Crippen LogP contribution in [0.5, 0.6) is 0 Å². The summed E-state index contributed by atoms with van der Waals surface area (Å²) in [5.41, 5.74) is 2.72. The van der Waals surface area contributed by atoms with Gasteiger partial charge in [0.1, 0.15) is 0 Å². The lowest BCUT2D eigenvalue weighted by Gasteiger charge is -2.21. The Kier molecular flexibility index (Phi) is 5.10. The zero-order chi connectivity index (χ0) is 13.0. The molecule has 2 unspecified atom stereocenters. The minimum absolute atomic E-state index is 0.553. The van der Waals surface area contributed by atoms with Crippen LogP contribution in [0.3, 0.4) is 0 Å². The molecular weight excluding hydrogens is 242 g/mol. The first-order valence-corrected chi connectivity index (χ1v) is 7.64. The highest BCUT2D eigenvalue weighted by atomic mass is 32.2. The predicted molar refractivity (Wildman–Crippen MR) is 78.4 cm³/mol. The van der Waals surface area contributed by atoms with E-state index in [0.717, 1.165) is 19.0 Å². The average Bonchev–Trinajstić information content (AvgIpc) is 2.88. The van der Waals surface area contributed by atoms with Gasteiger partial charge in [0.2, 0.25) is 0 Å². The molecule has 0 amide bonds. The highest BCUT2D eigenvalue weighted by molar-refractivity contribution is 7.99. The quantitative estimate of drug-likeness (QED) is 0.827. The standard InChI is InChI=1S/C15H23NOS/c1-11-4-5-12(2)15(8-11)18-10-14(16-3)13-6-7-17-9-13/h4-5,8,13-14,16H,6-7,9-10H2,1-3H3. The fourth-order valence-electron chi connectivity index (χ4n) is 2.37. The van der Waals surface area contributed by atoms with Gasteiger partial charge in [-0.05, 0) is 38.9 Å². The molecule has 100 valence electrons. The van der Waals surface area contributed by atoms with Crippen molar-refractivity contribution in [3.63, 3.8) is 0 Å². The first kappa shape index (κ1) is 13.9. The van der Waals surface area contributed by atoms with E-state index in [4.69, 9.17) is 4.74 Å². The molecule has 2 nitrogen and oxygen atoms in total. The smallest absolute Gasteiger partial charge is 0.0510 e. The van der Waals surface area contributed by atoms with E-state index in [1.165, 1.54) is 22.4 Å². The number of benzene rings is 1. The van der Waals surface area contributed by atoms with E-state index >= 15 is 0 Å². The highest BCUT2D eigenvalue weighted by Crippen LogP contribution is 2.27. The number of ether oxygens (including phenoxy) is 1. The fourth-order valence-corrected chi connectivity index (χ4v) is 3.73. The van der Waals surface area contributed by atoms with Crippen LogP contribution < -0.4 is 5.32 Å². The molecule has 1 aliphatic heterocycles. The Morgan fingerprint density at radius 2 is 2.28 bits per heavy atom. The SMILES string of the molecule is CNC(CSc1cc(C)ccc1C)C1CCOC1. The lowest BCUT2D eigenvalue weighted by Crippen LogP contribution is -2.36. The number of thioether (sulfide) groups is 1. The van der Waals surface area contributed by atoms with Gasteiger partial charge < -0.3 is 10.1 Å². The molecule has 0 aliphatic carbocycles. The predicted octanol–water partition coefficient (Wildman–Crippen LogP) is 3.02.